The number of nitrogens with zero attached hydrogens (tertiary/aromatic N) is 3. The van der Waals surface area contributed by atoms with E-state index in [1.807, 2.05) is 31.2 Å². The number of oxazole rings is 1. The average molecular weight is 541 g/mol. The van der Waals surface area contributed by atoms with Crippen molar-refractivity contribution in [2.24, 2.45) is 11.3 Å². The first-order valence-corrected chi connectivity index (χ1v) is 14.2. The van der Waals surface area contributed by atoms with Crippen LogP contribution in [0.1, 0.15) is 56.4 Å². The van der Waals surface area contributed by atoms with Gasteiger partial charge in [0.15, 0.2) is 0 Å². The molecule has 1 spiro atoms. The van der Waals surface area contributed by atoms with Crippen molar-refractivity contribution in [3.8, 4) is 11.5 Å². The van der Waals surface area contributed by atoms with Gasteiger partial charge >= 0.3 is 0 Å². The Labute approximate surface area is 229 Å². The Morgan fingerprint density at radius 2 is 1.71 bits per heavy atom. The molecule has 3 aliphatic rings. The molecule has 3 fully saturated rings. The third-order valence-corrected chi connectivity index (χ3v) is 8.87. The SMILES string of the molecule is Cc1oc(-c2ccc(Cl)cc2)nc1CN1CCC(C(=O)NCCCN2CCC3(CC2)C(=O)CCC3=O)CC1. The highest BCUT2D eigenvalue weighted by Gasteiger charge is 2.50. The Morgan fingerprint density at radius 1 is 1.05 bits per heavy atom. The molecule has 2 saturated heterocycles. The van der Waals surface area contributed by atoms with Gasteiger partial charge in [-0.3, -0.25) is 19.3 Å². The summed E-state index contributed by atoms with van der Waals surface area (Å²) < 4.78 is 5.90. The van der Waals surface area contributed by atoms with E-state index in [1.165, 1.54) is 0 Å². The number of likely N-dealkylation sites (tertiary alicyclic amines) is 2. The number of rotatable bonds is 8. The predicted octanol–water partition coefficient (Wildman–Crippen LogP) is 4.04. The lowest BCUT2D eigenvalue weighted by Crippen LogP contribution is -2.46. The zero-order valence-corrected chi connectivity index (χ0v) is 22.9. The topological polar surface area (TPSA) is 95.8 Å². The number of halogens is 1. The molecular weight excluding hydrogens is 504 g/mol. The summed E-state index contributed by atoms with van der Waals surface area (Å²) in [5.74, 6) is 1.92. The summed E-state index contributed by atoms with van der Waals surface area (Å²) in [6.07, 6.45) is 4.72. The van der Waals surface area contributed by atoms with Crippen LogP contribution in [0.2, 0.25) is 5.02 Å². The van der Waals surface area contributed by atoms with Crippen molar-refractivity contribution < 1.29 is 18.8 Å². The second kappa shape index (κ2) is 11.7. The number of nitrogens with one attached hydrogen (secondary N) is 1. The first-order chi connectivity index (χ1) is 18.3. The van der Waals surface area contributed by atoms with E-state index in [4.69, 9.17) is 21.0 Å². The molecule has 1 aliphatic carbocycles. The molecule has 0 unspecified atom stereocenters. The summed E-state index contributed by atoms with van der Waals surface area (Å²) >= 11 is 5.99. The van der Waals surface area contributed by atoms with Gasteiger partial charge in [0, 0.05) is 42.4 Å². The largest absolute Gasteiger partial charge is 0.441 e. The molecule has 1 N–H and O–H groups in total. The van der Waals surface area contributed by atoms with Crippen LogP contribution in [-0.2, 0) is 20.9 Å². The van der Waals surface area contributed by atoms with E-state index >= 15 is 0 Å². The molecule has 0 radical (unpaired) electrons. The molecule has 204 valence electrons. The van der Waals surface area contributed by atoms with Crippen molar-refractivity contribution in [3.05, 3.63) is 40.7 Å². The zero-order valence-electron chi connectivity index (χ0n) is 22.1. The van der Waals surface area contributed by atoms with Gasteiger partial charge in [0.25, 0.3) is 0 Å². The van der Waals surface area contributed by atoms with Crippen LogP contribution >= 0.6 is 11.6 Å². The van der Waals surface area contributed by atoms with E-state index < -0.39 is 5.41 Å². The van der Waals surface area contributed by atoms with Crippen LogP contribution in [0.4, 0.5) is 0 Å². The van der Waals surface area contributed by atoms with Crippen molar-refractivity contribution in [2.75, 3.05) is 39.3 Å². The predicted molar refractivity (Wildman–Crippen MR) is 145 cm³/mol. The molecule has 9 heteroatoms. The van der Waals surface area contributed by atoms with E-state index in [1.54, 1.807) is 0 Å². The summed E-state index contributed by atoms with van der Waals surface area (Å²) in [4.78, 5) is 46.6. The minimum atomic E-state index is -0.676. The van der Waals surface area contributed by atoms with Crippen LogP contribution in [0.15, 0.2) is 28.7 Å². The van der Waals surface area contributed by atoms with Gasteiger partial charge in [-0.25, -0.2) is 4.98 Å². The number of amides is 1. The fourth-order valence-electron chi connectivity index (χ4n) is 6.09. The standard InChI is InChI=1S/C29H37ClN4O4/c1-20-24(32-28(38-20)22-3-5-23(30)6-4-22)19-34-15-9-21(10-16-34)27(37)31-13-2-14-33-17-11-29(12-18-33)25(35)7-8-26(29)36/h3-6,21H,2,7-19H2,1H3,(H,31,37). The van der Waals surface area contributed by atoms with E-state index in [2.05, 4.69) is 15.1 Å². The third kappa shape index (κ3) is 5.87. The van der Waals surface area contributed by atoms with Gasteiger partial charge in [0.05, 0.1) is 11.1 Å². The molecule has 1 aromatic carbocycles. The summed E-state index contributed by atoms with van der Waals surface area (Å²) in [6.45, 7) is 7.48. The first kappa shape index (κ1) is 27.0. The number of hydrogen-bond acceptors (Lipinski definition) is 7. The van der Waals surface area contributed by atoms with Crippen molar-refractivity contribution >= 4 is 29.1 Å². The number of carbonyl (C=O) groups excluding carboxylic acids is 3. The van der Waals surface area contributed by atoms with Gasteiger partial charge in [0.1, 0.15) is 17.3 Å². The van der Waals surface area contributed by atoms with Crippen LogP contribution in [0, 0.1) is 18.3 Å². The van der Waals surface area contributed by atoms with Gasteiger partial charge in [0.2, 0.25) is 11.8 Å². The van der Waals surface area contributed by atoms with Gasteiger partial charge in [-0.2, -0.15) is 0 Å². The van der Waals surface area contributed by atoms with E-state index in [0.717, 1.165) is 69.0 Å². The molecule has 1 saturated carbocycles. The number of piperidine rings is 2. The lowest BCUT2D eigenvalue weighted by atomic mass is 9.75. The monoisotopic (exact) mass is 540 g/mol. The number of hydrogen-bond donors (Lipinski definition) is 1. The maximum Gasteiger partial charge on any atom is 0.226 e. The molecular formula is C29H37ClN4O4. The van der Waals surface area contributed by atoms with Crippen LogP contribution in [0.25, 0.3) is 11.5 Å². The molecule has 5 rings (SSSR count). The highest BCUT2D eigenvalue weighted by molar-refractivity contribution is 6.30. The maximum atomic E-state index is 12.7. The first-order valence-electron chi connectivity index (χ1n) is 13.9. The minimum Gasteiger partial charge on any atom is -0.441 e. The van der Waals surface area contributed by atoms with Gasteiger partial charge in [-0.15, -0.1) is 0 Å². The third-order valence-electron chi connectivity index (χ3n) is 8.62. The number of benzene rings is 1. The van der Waals surface area contributed by atoms with Crippen LogP contribution in [0.5, 0.6) is 0 Å². The number of aryl methyl sites for hydroxylation is 1. The normalized spacial score (nSPS) is 20.9. The second-order valence-corrected chi connectivity index (χ2v) is 11.4. The zero-order chi connectivity index (χ0) is 26.7. The number of ketones is 2. The van der Waals surface area contributed by atoms with Crippen molar-refractivity contribution in [2.45, 2.75) is 58.4 Å². The second-order valence-electron chi connectivity index (χ2n) is 11.0. The molecule has 2 aromatic rings. The van der Waals surface area contributed by atoms with Gasteiger partial charge < -0.3 is 14.6 Å². The Hall–Kier alpha value is -2.55. The number of Topliss-reactive ketones (excluding diaryl/α,β-unsaturated/α-hetero) is 2. The van der Waals surface area contributed by atoms with Gasteiger partial charge in [-0.1, -0.05) is 11.6 Å². The summed E-state index contributed by atoms with van der Waals surface area (Å²) in [5.41, 5.74) is 1.16. The van der Waals surface area contributed by atoms with Crippen molar-refractivity contribution in [3.63, 3.8) is 0 Å². The number of aromatic nitrogens is 1. The molecule has 0 bridgehead atoms. The molecule has 8 nitrogen and oxygen atoms in total. The Bertz CT molecular complexity index is 1140. The summed E-state index contributed by atoms with van der Waals surface area (Å²) in [6, 6.07) is 7.47. The van der Waals surface area contributed by atoms with Crippen LogP contribution < -0.4 is 5.32 Å². The molecule has 38 heavy (non-hydrogen) atoms. The average Bonchev–Trinajstić information content (AvgIpc) is 3.42. The molecule has 0 atom stereocenters. The molecule has 3 heterocycles. The van der Waals surface area contributed by atoms with Crippen molar-refractivity contribution in [1.29, 1.82) is 0 Å². The molecule has 1 aromatic heterocycles. The lowest BCUT2D eigenvalue weighted by molar-refractivity contribution is -0.138. The maximum absolute atomic E-state index is 12.7. The summed E-state index contributed by atoms with van der Waals surface area (Å²) in [7, 11) is 0. The summed E-state index contributed by atoms with van der Waals surface area (Å²) in [5, 5.41) is 3.81. The quantitative estimate of drug-likeness (QED) is 0.399. The van der Waals surface area contributed by atoms with Gasteiger partial charge in [-0.05, 0) is 96.0 Å². The highest BCUT2D eigenvalue weighted by Crippen LogP contribution is 2.40. The highest BCUT2D eigenvalue weighted by atomic mass is 35.5. The van der Waals surface area contributed by atoms with E-state index in [0.29, 0.717) is 49.7 Å². The lowest BCUT2D eigenvalue weighted by Gasteiger charge is -2.37. The van der Waals surface area contributed by atoms with Crippen molar-refractivity contribution in [1.82, 2.24) is 20.1 Å². The van der Waals surface area contributed by atoms with E-state index in [-0.39, 0.29) is 23.4 Å². The Balaban J connectivity index is 0.996. The van der Waals surface area contributed by atoms with Crippen LogP contribution in [0.3, 0.4) is 0 Å². The minimum absolute atomic E-state index is 0.0449. The Morgan fingerprint density at radius 3 is 2.37 bits per heavy atom. The number of carbonyl (C=O) groups is 3. The molecule has 2 aliphatic heterocycles. The van der Waals surface area contributed by atoms with E-state index in [9.17, 15) is 14.4 Å². The Kier molecular flexibility index (Phi) is 8.31. The fourth-order valence-corrected chi connectivity index (χ4v) is 6.22. The fraction of sp³-hybridized carbons (Fsp3) is 0.586. The smallest absolute Gasteiger partial charge is 0.226 e. The molecule has 1 amide bonds. The van der Waals surface area contributed by atoms with Crippen LogP contribution in [-0.4, -0.2) is 71.5 Å².